The maximum atomic E-state index is 11.8. The van der Waals surface area contributed by atoms with E-state index in [4.69, 9.17) is 0 Å². The smallest absolute Gasteiger partial charge is 0.169 e. The highest BCUT2D eigenvalue weighted by Gasteiger charge is 2.68. The lowest BCUT2D eigenvalue weighted by atomic mass is 10.1. The van der Waals surface area contributed by atoms with Crippen LogP contribution in [-0.2, 0) is 0 Å². The zero-order chi connectivity index (χ0) is 10.2. The highest BCUT2D eigenvalue weighted by molar-refractivity contribution is 14.1. The summed E-state index contributed by atoms with van der Waals surface area (Å²) in [7, 11) is 0. The van der Waals surface area contributed by atoms with Crippen LogP contribution < -0.4 is 0 Å². The molecule has 0 atom stereocenters. The SMILES string of the molecule is FC(F)(F)C(I)(CBr)C(F)(F)F. The molecule has 0 aliphatic heterocycles. The van der Waals surface area contributed by atoms with E-state index < -0.39 is 21.1 Å². The molecule has 0 saturated heterocycles. The van der Waals surface area contributed by atoms with Gasteiger partial charge in [0.1, 0.15) is 0 Å². The Bertz CT molecular complexity index is 146. The number of halogens is 8. The van der Waals surface area contributed by atoms with Crippen LogP contribution in [0, 0.1) is 0 Å². The first-order valence-corrected chi connectivity index (χ1v) is 4.64. The molecule has 0 N–H and O–H groups in total. The van der Waals surface area contributed by atoms with Gasteiger partial charge in [-0.2, -0.15) is 26.3 Å². The van der Waals surface area contributed by atoms with Gasteiger partial charge < -0.3 is 0 Å². The Morgan fingerprint density at radius 3 is 1.17 bits per heavy atom. The molecule has 0 unspecified atom stereocenters. The topological polar surface area (TPSA) is 0 Å². The van der Waals surface area contributed by atoms with Crippen molar-refractivity contribution < 1.29 is 26.3 Å². The van der Waals surface area contributed by atoms with E-state index in [0.29, 0.717) is 22.6 Å². The summed E-state index contributed by atoms with van der Waals surface area (Å²) in [6, 6.07) is 0. The van der Waals surface area contributed by atoms with Gasteiger partial charge in [-0.05, 0) is 0 Å². The predicted molar refractivity (Wildman–Crippen MR) is 42.7 cm³/mol. The van der Waals surface area contributed by atoms with E-state index in [1.807, 2.05) is 0 Å². The molecule has 0 amide bonds. The van der Waals surface area contributed by atoms with Crippen LogP contribution in [-0.4, -0.2) is 21.1 Å². The minimum Gasteiger partial charge on any atom is -0.169 e. The highest BCUT2D eigenvalue weighted by atomic mass is 127. The van der Waals surface area contributed by atoms with Gasteiger partial charge in [-0.25, -0.2) is 0 Å². The molecule has 0 aliphatic carbocycles. The van der Waals surface area contributed by atoms with Crippen LogP contribution in [0.5, 0.6) is 0 Å². The van der Waals surface area contributed by atoms with Crippen LogP contribution in [0.25, 0.3) is 0 Å². The lowest BCUT2D eigenvalue weighted by Gasteiger charge is -2.30. The lowest BCUT2D eigenvalue weighted by Crippen LogP contribution is -2.52. The summed E-state index contributed by atoms with van der Waals surface area (Å²) >= 11 is 2.55. The van der Waals surface area contributed by atoms with Gasteiger partial charge in [0.05, 0.1) is 0 Å². The van der Waals surface area contributed by atoms with E-state index in [0.717, 1.165) is 0 Å². The fourth-order valence-corrected chi connectivity index (χ4v) is 0.948. The van der Waals surface area contributed by atoms with Crippen molar-refractivity contribution in [2.75, 3.05) is 5.33 Å². The Labute approximate surface area is 86.0 Å². The van der Waals surface area contributed by atoms with Gasteiger partial charge >= 0.3 is 12.4 Å². The lowest BCUT2D eigenvalue weighted by molar-refractivity contribution is -0.250. The summed E-state index contributed by atoms with van der Waals surface area (Å²) in [5.74, 6) is 0. The quantitative estimate of drug-likeness (QED) is 0.375. The number of hydrogen-bond donors (Lipinski definition) is 0. The predicted octanol–water partition coefficient (Wildman–Crippen LogP) is 3.68. The van der Waals surface area contributed by atoms with Gasteiger partial charge in [-0.15, -0.1) is 0 Å². The maximum Gasteiger partial charge on any atom is 0.412 e. The van der Waals surface area contributed by atoms with Gasteiger partial charge in [0.2, 0.25) is 3.42 Å². The first-order valence-electron chi connectivity index (χ1n) is 2.44. The van der Waals surface area contributed by atoms with Crippen LogP contribution in [0.15, 0.2) is 0 Å². The second-order valence-electron chi connectivity index (χ2n) is 1.93. The van der Waals surface area contributed by atoms with Gasteiger partial charge in [-0.1, -0.05) is 38.5 Å². The molecule has 0 aromatic heterocycles. The zero-order valence-electron chi connectivity index (χ0n) is 5.23. The molecule has 0 fully saturated rings. The number of alkyl halides is 8. The molecule has 0 rings (SSSR count). The van der Waals surface area contributed by atoms with Crippen molar-refractivity contribution >= 4 is 38.5 Å². The van der Waals surface area contributed by atoms with Crippen molar-refractivity contribution in [3.63, 3.8) is 0 Å². The van der Waals surface area contributed by atoms with E-state index in [1.54, 1.807) is 0 Å². The summed E-state index contributed by atoms with van der Waals surface area (Å²) in [5, 5.41) is -1.20. The summed E-state index contributed by atoms with van der Waals surface area (Å²) in [4.78, 5) is 0. The van der Waals surface area contributed by atoms with Crippen LogP contribution >= 0.6 is 38.5 Å². The Balaban J connectivity index is 4.95. The second kappa shape index (κ2) is 3.50. The largest absolute Gasteiger partial charge is 0.412 e. The monoisotopic (exact) mass is 370 g/mol. The molecule has 0 aromatic rings. The van der Waals surface area contributed by atoms with Crippen LogP contribution in [0.3, 0.4) is 0 Å². The average Bonchev–Trinajstić information content (AvgIpc) is 1.81. The van der Waals surface area contributed by atoms with Crippen molar-refractivity contribution in [2.24, 2.45) is 0 Å². The Morgan fingerprint density at radius 2 is 1.17 bits per heavy atom. The summed E-state index contributed by atoms with van der Waals surface area (Å²) < 4.78 is 67.4. The Kier molecular flexibility index (Phi) is 3.74. The highest BCUT2D eigenvalue weighted by Crippen LogP contribution is 2.50. The molecular weight excluding hydrogens is 369 g/mol. The first-order chi connectivity index (χ1) is 5.06. The summed E-state index contributed by atoms with van der Waals surface area (Å²) in [6.07, 6.45) is -10.6. The number of hydrogen-bond acceptors (Lipinski definition) is 0. The average molecular weight is 371 g/mol. The first kappa shape index (κ1) is 12.8. The Hall–Kier alpha value is 0.790. The summed E-state index contributed by atoms with van der Waals surface area (Å²) in [6.45, 7) is 0. The van der Waals surface area contributed by atoms with Crippen molar-refractivity contribution in [1.82, 2.24) is 0 Å². The molecule has 12 heavy (non-hydrogen) atoms. The molecule has 0 nitrogen and oxygen atoms in total. The van der Waals surface area contributed by atoms with E-state index in [9.17, 15) is 26.3 Å². The van der Waals surface area contributed by atoms with Gasteiger partial charge in [0.15, 0.2) is 0 Å². The standard InChI is InChI=1S/C4H2BrF6I/c5-1-2(12,3(6,7)8)4(9,10)11/h1H2. The maximum absolute atomic E-state index is 11.8. The minimum absolute atomic E-state index is 0.355. The molecule has 74 valence electrons. The molecule has 0 saturated carbocycles. The molecule has 0 heterocycles. The third-order valence-corrected chi connectivity index (χ3v) is 4.58. The van der Waals surface area contributed by atoms with E-state index in [-0.39, 0.29) is 0 Å². The zero-order valence-corrected chi connectivity index (χ0v) is 8.97. The van der Waals surface area contributed by atoms with Crippen LogP contribution in [0.4, 0.5) is 26.3 Å². The number of rotatable bonds is 1. The molecule has 0 radical (unpaired) electrons. The summed E-state index contributed by atoms with van der Waals surface area (Å²) in [5.41, 5.74) is 0. The van der Waals surface area contributed by atoms with E-state index >= 15 is 0 Å². The van der Waals surface area contributed by atoms with E-state index in [2.05, 4.69) is 15.9 Å². The van der Waals surface area contributed by atoms with Crippen LogP contribution in [0.2, 0.25) is 0 Å². The van der Waals surface area contributed by atoms with Crippen LogP contribution in [0.1, 0.15) is 0 Å². The second-order valence-corrected chi connectivity index (χ2v) is 4.33. The third kappa shape index (κ3) is 2.18. The van der Waals surface area contributed by atoms with Gasteiger partial charge in [0.25, 0.3) is 0 Å². The van der Waals surface area contributed by atoms with Crippen molar-refractivity contribution in [3.05, 3.63) is 0 Å². The third-order valence-electron chi connectivity index (χ3n) is 1.08. The van der Waals surface area contributed by atoms with Gasteiger partial charge in [0, 0.05) is 5.33 Å². The molecule has 0 aromatic carbocycles. The minimum atomic E-state index is -5.30. The fraction of sp³-hybridized carbons (Fsp3) is 1.00. The van der Waals surface area contributed by atoms with Gasteiger partial charge in [-0.3, -0.25) is 0 Å². The molecule has 0 bridgehead atoms. The molecule has 8 heteroatoms. The normalized spacial score (nSPS) is 15.0. The van der Waals surface area contributed by atoms with E-state index in [1.165, 1.54) is 0 Å². The van der Waals surface area contributed by atoms with Crippen molar-refractivity contribution in [2.45, 2.75) is 15.8 Å². The van der Waals surface area contributed by atoms with Crippen molar-refractivity contribution in [3.8, 4) is 0 Å². The van der Waals surface area contributed by atoms with Crippen molar-refractivity contribution in [1.29, 1.82) is 0 Å². The molecular formula is C4H2BrF6I. The molecule has 0 aliphatic rings. The Morgan fingerprint density at radius 1 is 0.917 bits per heavy atom. The fourth-order valence-electron chi connectivity index (χ4n) is 0.312. The molecule has 0 spiro atoms.